The molecule has 0 radical (unpaired) electrons. The molecule has 1 aromatic carbocycles. The van der Waals surface area contributed by atoms with E-state index in [0.717, 1.165) is 68.8 Å². The lowest BCUT2D eigenvalue weighted by Crippen LogP contribution is -2.34. The van der Waals surface area contributed by atoms with E-state index in [0.29, 0.717) is 18.7 Å². The van der Waals surface area contributed by atoms with Gasteiger partial charge in [0, 0.05) is 44.8 Å². The fourth-order valence-corrected chi connectivity index (χ4v) is 5.14. The number of hydrogen-bond donors (Lipinski definition) is 1. The second kappa shape index (κ2) is 19.2. The normalized spacial score (nSPS) is 16.5. The van der Waals surface area contributed by atoms with Crippen LogP contribution in [0.15, 0.2) is 18.2 Å². The highest BCUT2D eigenvalue weighted by atomic mass is 16.2. The molecule has 38 heavy (non-hydrogen) atoms. The SMILES string of the molecule is CCCC(C)N(C=O)c1ccc(N2CCC(CC)CC2)cc1N(C)C.O=CC1CCCCC1.O=CNC=O. The number of imide groups is 1. The van der Waals surface area contributed by atoms with E-state index in [1.54, 1.807) is 5.32 Å². The molecule has 8 heteroatoms. The number of nitrogens with one attached hydrogen (secondary N) is 1. The van der Waals surface area contributed by atoms with E-state index < -0.39 is 0 Å². The standard InChI is InChI=1S/C21H35N3O.C7H12O.C2H3NO2/c1-6-8-17(3)24(16-25)20-10-9-19(15-21(20)22(4)5)23-13-11-18(7-2)12-14-23;8-6-7-4-2-1-3-5-7;4-1-3-2-5/h9-10,15-18H,6-8,11-14H2,1-5H3;6-7H,1-5H2;1-2H,(H,3,4,5). The summed E-state index contributed by atoms with van der Waals surface area (Å²) in [5, 5.41) is 1.75. The highest BCUT2D eigenvalue weighted by Gasteiger charge is 2.22. The first kappa shape index (κ1) is 33.1. The minimum absolute atomic E-state index is 0.215. The number of piperidine rings is 1. The van der Waals surface area contributed by atoms with Gasteiger partial charge in [-0.25, -0.2) is 0 Å². The van der Waals surface area contributed by atoms with Gasteiger partial charge in [-0.05, 0) is 63.1 Å². The van der Waals surface area contributed by atoms with Crippen molar-refractivity contribution in [3.8, 4) is 0 Å². The molecule has 1 saturated heterocycles. The van der Waals surface area contributed by atoms with Gasteiger partial charge >= 0.3 is 0 Å². The van der Waals surface area contributed by atoms with Crippen molar-refractivity contribution in [1.29, 1.82) is 0 Å². The fraction of sp³-hybridized carbons (Fsp3) is 0.667. The lowest BCUT2D eigenvalue weighted by atomic mass is 9.91. The van der Waals surface area contributed by atoms with Crippen LogP contribution in [0.1, 0.15) is 85.0 Å². The van der Waals surface area contributed by atoms with Gasteiger partial charge in [-0.3, -0.25) is 14.4 Å². The Kier molecular flexibility index (Phi) is 16.7. The molecule has 0 aromatic heterocycles. The van der Waals surface area contributed by atoms with Crippen molar-refractivity contribution >= 4 is 42.6 Å². The maximum atomic E-state index is 11.7. The van der Waals surface area contributed by atoms with E-state index in [9.17, 15) is 9.59 Å². The van der Waals surface area contributed by atoms with Crippen molar-refractivity contribution in [2.75, 3.05) is 41.9 Å². The van der Waals surface area contributed by atoms with Gasteiger partial charge in [0.2, 0.25) is 19.2 Å². The molecule has 0 bridgehead atoms. The smallest absolute Gasteiger partial charge is 0.214 e. The number of aldehydes is 1. The molecule has 214 valence electrons. The largest absolute Gasteiger partial charge is 0.376 e. The third kappa shape index (κ3) is 11.2. The summed E-state index contributed by atoms with van der Waals surface area (Å²) in [6.45, 7) is 8.85. The molecule has 1 aliphatic heterocycles. The Morgan fingerprint density at radius 2 is 1.58 bits per heavy atom. The lowest BCUT2D eigenvalue weighted by Gasteiger charge is -2.35. The average Bonchev–Trinajstić information content (AvgIpc) is 2.95. The molecular formula is C30H50N4O4. The predicted molar refractivity (Wildman–Crippen MR) is 157 cm³/mol. The number of nitrogens with zero attached hydrogens (tertiary/aromatic N) is 3. The lowest BCUT2D eigenvalue weighted by molar-refractivity contribution is -0.117. The molecule has 8 nitrogen and oxygen atoms in total. The summed E-state index contributed by atoms with van der Waals surface area (Å²) >= 11 is 0. The van der Waals surface area contributed by atoms with Gasteiger partial charge in [-0.1, -0.05) is 46.0 Å². The summed E-state index contributed by atoms with van der Waals surface area (Å²) in [6.07, 6.45) is 14.8. The van der Waals surface area contributed by atoms with Gasteiger partial charge in [0.1, 0.15) is 6.29 Å². The molecule has 1 aromatic rings. The van der Waals surface area contributed by atoms with Gasteiger partial charge in [0.05, 0.1) is 11.4 Å². The second-order valence-corrected chi connectivity index (χ2v) is 10.5. The zero-order valence-corrected chi connectivity index (χ0v) is 24.2. The molecule has 1 aliphatic carbocycles. The average molecular weight is 531 g/mol. The molecule has 1 unspecified atom stereocenters. The first-order chi connectivity index (χ1) is 18.4. The molecular weight excluding hydrogens is 480 g/mol. The van der Waals surface area contributed by atoms with Crippen LogP contribution < -0.4 is 20.0 Å². The van der Waals surface area contributed by atoms with E-state index in [-0.39, 0.29) is 6.04 Å². The van der Waals surface area contributed by atoms with Crippen LogP contribution in [0.5, 0.6) is 0 Å². The number of anilines is 3. The van der Waals surface area contributed by atoms with Crippen LogP contribution in [-0.4, -0.2) is 58.7 Å². The van der Waals surface area contributed by atoms with E-state index in [1.165, 1.54) is 44.2 Å². The summed E-state index contributed by atoms with van der Waals surface area (Å²) < 4.78 is 0. The third-order valence-corrected chi connectivity index (χ3v) is 7.55. The number of hydrogen-bond acceptors (Lipinski definition) is 6. The monoisotopic (exact) mass is 530 g/mol. The first-order valence-electron chi connectivity index (χ1n) is 14.2. The number of benzene rings is 1. The first-order valence-corrected chi connectivity index (χ1v) is 14.2. The Morgan fingerprint density at radius 3 is 2.00 bits per heavy atom. The van der Waals surface area contributed by atoms with Crippen molar-refractivity contribution < 1.29 is 19.2 Å². The molecule has 3 amide bonds. The Balaban J connectivity index is 0.000000454. The van der Waals surface area contributed by atoms with Crippen molar-refractivity contribution in [2.45, 2.75) is 91.0 Å². The van der Waals surface area contributed by atoms with Crippen LogP contribution in [0.3, 0.4) is 0 Å². The number of carbonyl (C=O) groups excluding carboxylic acids is 4. The van der Waals surface area contributed by atoms with Crippen LogP contribution in [-0.2, 0) is 19.2 Å². The maximum Gasteiger partial charge on any atom is 0.214 e. The van der Waals surface area contributed by atoms with Crippen LogP contribution >= 0.6 is 0 Å². The van der Waals surface area contributed by atoms with Crippen LogP contribution in [0.2, 0.25) is 0 Å². The summed E-state index contributed by atoms with van der Waals surface area (Å²) in [6, 6.07) is 6.77. The minimum Gasteiger partial charge on any atom is -0.376 e. The van der Waals surface area contributed by atoms with Gasteiger partial charge in [-0.15, -0.1) is 0 Å². The molecule has 1 saturated carbocycles. The highest BCUT2D eigenvalue weighted by molar-refractivity contribution is 5.86. The summed E-state index contributed by atoms with van der Waals surface area (Å²) in [5.74, 6) is 1.29. The zero-order valence-electron chi connectivity index (χ0n) is 24.2. The number of rotatable bonds is 11. The van der Waals surface area contributed by atoms with Crippen LogP contribution in [0, 0.1) is 11.8 Å². The molecule has 1 heterocycles. The van der Waals surface area contributed by atoms with Gasteiger partial charge in [0.25, 0.3) is 0 Å². The minimum atomic E-state index is 0.215. The van der Waals surface area contributed by atoms with E-state index >= 15 is 0 Å². The third-order valence-electron chi connectivity index (χ3n) is 7.55. The molecule has 3 rings (SSSR count). The van der Waals surface area contributed by atoms with Gasteiger partial charge < -0.3 is 24.8 Å². The zero-order chi connectivity index (χ0) is 28.3. The van der Waals surface area contributed by atoms with Crippen LogP contribution in [0.25, 0.3) is 0 Å². The van der Waals surface area contributed by atoms with Crippen molar-refractivity contribution in [1.82, 2.24) is 5.32 Å². The molecule has 2 aliphatic rings. The predicted octanol–water partition coefficient (Wildman–Crippen LogP) is 5.18. The van der Waals surface area contributed by atoms with E-state index in [4.69, 9.17) is 9.59 Å². The summed E-state index contributed by atoms with van der Waals surface area (Å²) in [5.41, 5.74) is 3.40. The fourth-order valence-electron chi connectivity index (χ4n) is 5.14. The second-order valence-electron chi connectivity index (χ2n) is 10.5. The van der Waals surface area contributed by atoms with Gasteiger partial charge in [0.15, 0.2) is 0 Å². The van der Waals surface area contributed by atoms with Gasteiger partial charge in [-0.2, -0.15) is 0 Å². The summed E-state index contributed by atoms with van der Waals surface area (Å²) in [4.78, 5) is 46.5. The Hall–Kier alpha value is -2.90. The van der Waals surface area contributed by atoms with Crippen molar-refractivity contribution in [2.24, 2.45) is 11.8 Å². The Bertz CT molecular complexity index is 812. The Morgan fingerprint density at radius 1 is 0.947 bits per heavy atom. The van der Waals surface area contributed by atoms with E-state index in [1.807, 2.05) is 4.90 Å². The summed E-state index contributed by atoms with van der Waals surface area (Å²) in [7, 11) is 4.11. The molecule has 0 spiro atoms. The molecule has 1 atom stereocenters. The van der Waals surface area contributed by atoms with Crippen LogP contribution in [0.4, 0.5) is 17.1 Å². The quantitative estimate of drug-likeness (QED) is 0.396. The number of carbonyl (C=O) groups is 4. The van der Waals surface area contributed by atoms with Crippen molar-refractivity contribution in [3.63, 3.8) is 0 Å². The van der Waals surface area contributed by atoms with E-state index in [2.05, 4.69) is 62.9 Å². The topological polar surface area (TPSA) is 90.0 Å². The Labute approximate surface area is 230 Å². The number of amides is 3. The van der Waals surface area contributed by atoms with Crippen molar-refractivity contribution in [3.05, 3.63) is 18.2 Å². The molecule has 1 N–H and O–H groups in total. The molecule has 2 fully saturated rings. The highest BCUT2D eigenvalue weighted by Crippen LogP contribution is 2.35. The maximum absolute atomic E-state index is 11.7.